The fraction of sp³-hybridized carbons (Fsp3) is 0.778. The van der Waals surface area contributed by atoms with Crippen molar-refractivity contribution in [1.29, 1.82) is 0 Å². The molecule has 6 heteroatoms. The lowest BCUT2D eigenvalue weighted by atomic mass is 9.96. The highest BCUT2D eigenvalue weighted by molar-refractivity contribution is 5.87. The first-order chi connectivity index (χ1) is 15.9. The van der Waals surface area contributed by atoms with Crippen LogP contribution in [0.25, 0.3) is 0 Å². The zero-order chi connectivity index (χ0) is 24.5. The second kappa shape index (κ2) is 17.5. The Labute approximate surface area is 202 Å². The number of rotatable bonds is 19. The van der Waals surface area contributed by atoms with Crippen LogP contribution in [-0.4, -0.2) is 54.7 Å². The summed E-state index contributed by atoms with van der Waals surface area (Å²) in [5, 5.41) is 0. The van der Waals surface area contributed by atoms with Crippen molar-refractivity contribution in [3.05, 3.63) is 24.6 Å². The van der Waals surface area contributed by atoms with Crippen LogP contribution in [0.3, 0.4) is 0 Å². The SMILES string of the molecule is C=C(C)C(=O)OC(CCCCCCCC(=O)OC)C(CCCCCCCC)N1C=CN(C)C1. The van der Waals surface area contributed by atoms with Crippen molar-refractivity contribution in [2.45, 2.75) is 116 Å². The molecule has 0 fully saturated rings. The molecule has 0 saturated heterocycles. The summed E-state index contributed by atoms with van der Waals surface area (Å²) < 4.78 is 10.7. The molecule has 0 spiro atoms. The van der Waals surface area contributed by atoms with Crippen LogP contribution in [0.2, 0.25) is 0 Å². The van der Waals surface area contributed by atoms with Gasteiger partial charge in [-0.3, -0.25) is 4.79 Å². The average molecular weight is 465 g/mol. The molecule has 0 saturated carbocycles. The Bertz CT molecular complexity index is 605. The topological polar surface area (TPSA) is 59.1 Å². The molecule has 0 aromatic carbocycles. The first kappa shape index (κ1) is 29.1. The van der Waals surface area contributed by atoms with Gasteiger partial charge in [0.2, 0.25) is 0 Å². The lowest BCUT2D eigenvalue weighted by molar-refractivity contribution is -0.148. The molecule has 0 amide bonds. The Morgan fingerprint density at radius 2 is 1.55 bits per heavy atom. The van der Waals surface area contributed by atoms with Gasteiger partial charge >= 0.3 is 11.9 Å². The molecule has 1 aliphatic rings. The number of carbonyl (C=O) groups excluding carboxylic acids is 2. The molecule has 0 aromatic heterocycles. The van der Waals surface area contributed by atoms with Gasteiger partial charge in [0, 0.05) is 31.4 Å². The predicted octanol–water partition coefficient (Wildman–Crippen LogP) is 6.17. The molecule has 190 valence electrons. The summed E-state index contributed by atoms with van der Waals surface area (Å²) in [4.78, 5) is 28.2. The summed E-state index contributed by atoms with van der Waals surface area (Å²) >= 11 is 0. The van der Waals surface area contributed by atoms with Gasteiger partial charge in [-0.15, -0.1) is 0 Å². The third-order valence-electron chi connectivity index (χ3n) is 6.31. The molecular formula is C27H48N2O4. The summed E-state index contributed by atoms with van der Waals surface area (Å²) in [5.74, 6) is -0.425. The summed E-state index contributed by atoms with van der Waals surface area (Å²) in [5.41, 5.74) is 0.454. The molecule has 1 rings (SSSR count). The molecule has 2 unspecified atom stereocenters. The molecule has 6 nitrogen and oxygen atoms in total. The van der Waals surface area contributed by atoms with E-state index in [1.807, 2.05) is 0 Å². The first-order valence-corrected chi connectivity index (χ1v) is 13.0. The molecule has 0 N–H and O–H groups in total. The van der Waals surface area contributed by atoms with Gasteiger partial charge in [0.05, 0.1) is 19.8 Å². The van der Waals surface area contributed by atoms with Gasteiger partial charge in [-0.1, -0.05) is 71.3 Å². The van der Waals surface area contributed by atoms with Crippen molar-refractivity contribution in [3.63, 3.8) is 0 Å². The van der Waals surface area contributed by atoms with E-state index < -0.39 is 0 Å². The van der Waals surface area contributed by atoms with Crippen molar-refractivity contribution in [2.75, 3.05) is 20.8 Å². The van der Waals surface area contributed by atoms with Crippen molar-refractivity contribution in [3.8, 4) is 0 Å². The zero-order valence-electron chi connectivity index (χ0n) is 21.7. The highest BCUT2D eigenvalue weighted by Crippen LogP contribution is 2.25. The van der Waals surface area contributed by atoms with Crippen LogP contribution in [0.1, 0.15) is 104 Å². The number of nitrogens with zero attached hydrogens (tertiary/aromatic N) is 2. The van der Waals surface area contributed by atoms with Crippen molar-refractivity contribution in [1.82, 2.24) is 9.80 Å². The molecule has 2 atom stereocenters. The maximum absolute atomic E-state index is 12.4. The minimum atomic E-state index is -0.289. The summed E-state index contributed by atoms with van der Waals surface area (Å²) in [7, 11) is 3.51. The minimum Gasteiger partial charge on any atom is -0.469 e. The lowest BCUT2D eigenvalue weighted by Gasteiger charge is -2.35. The van der Waals surface area contributed by atoms with E-state index in [1.54, 1.807) is 6.92 Å². The fourth-order valence-electron chi connectivity index (χ4n) is 4.28. The molecule has 0 radical (unpaired) electrons. The van der Waals surface area contributed by atoms with Crippen LogP contribution in [0.5, 0.6) is 0 Å². The van der Waals surface area contributed by atoms with Crippen molar-refractivity contribution in [2.24, 2.45) is 0 Å². The maximum Gasteiger partial charge on any atom is 0.333 e. The molecule has 0 aliphatic carbocycles. The zero-order valence-corrected chi connectivity index (χ0v) is 21.7. The molecule has 1 aliphatic heterocycles. The standard InChI is InChI=1S/C27H48N2O4/c1-6-7-8-9-11-14-17-24(29-21-20-28(4)22-29)25(33-27(31)23(2)3)18-15-12-10-13-16-19-26(30)32-5/h20-21,24-25H,2,6-19,22H2,1,3-5H3. The van der Waals surface area contributed by atoms with Crippen LogP contribution in [-0.2, 0) is 19.1 Å². The molecule has 0 aromatic rings. The smallest absolute Gasteiger partial charge is 0.333 e. The second-order valence-corrected chi connectivity index (χ2v) is 9.44. The third-order valence-corrected chi connectivity index (χ3v) is 6.31. The maximum atomic E-state index is 12.4. The summed E-state index contributed by atoms with van der Waals surface area (Å²) in [6, 6.07) is 0.181. The van der Waals surface area contributed by atoms with Crippen LogP contribution < -0.4 is 0 Å². The van der Waals surface area contributed by atoms with Gasteiger partial charge in [-0.25, -0.2) is 4.79 Å². The molecule has 1 heterocycles. The minimum absolute atomic E-state index is 0.136. The van der Waals surface area contributed by atoms with E-state index in [9.17, 15) is 9.59 Å². The van der Waals surface area contributed by atoms with E-state index in [-0.39, 0.29) is 24.1 Å². The van der Waals surface area contributed by atoms with Gasteiger partial charge in [-0.05, 0) is 32.6 Å². The Kier molecular flexibility index (Phi) is 15.4. The number of carbonyl (C=O) groups is 2. The Morgan fingerprint density at radius 1 is 0.939 bits per heavy atom. The number of esters is 2. The van der Waals surface area contributed by atoms with Crippen LogP contribution >= 0.6 is 0 Å². The quantitative estimate of drug-likeness (QED) is 0.129. The molecule has 33 heavy (non-hydrogen) atoms. The summed E-state index contributed by atoms with van der Waals surface area (Å²) in [6.45, 7) is 8.57. The highest BCUT2D eigenvalue weighted by Gasteiger charge is 2.30. The highest BCUT2D eigenvalue weighted by atomic mass is 16.5. The van der Waals surface area contributed by atoms with Crippen molar-refractivity contribution < 1.29 is 19.1 Å². The monoisotopic (exact) mass is 464 g/mol. The Hall–Kier alpha value is -1.98. The van der Waals surface area contributed by atoms with Gasteiger partial charge in [0.25, 0.3) is 0 Å². The van der Waals surface area contributed by atoms with E-state index in [0.717, 1.165) is 58.0 Å². The molecule has 0 bridgehead atoms. The van der Waals surface area contributed by atoms with E-state index in [1.165, 1.54) is 39.2 Å². The van der Waals surface area contributed by atoms with Gasteiger partial charge in [-0.2, -0.15) is 0 Å². The third kappa shape index (κ3) is 12.7. The molecular weight excluding hydrogens is 416 g/mol. The average Bonchev–Trinajstić information content (AvgIpc) is 3.22. The largest absolute Gasteiger partial charge is 0.469 e. The Morgan fingerprint density at radius 3 is 2.12 bits per heavy atom. The van der Waals surface area contributed by atoms with Crippen molar-refractivity contribution >= 4 is 11.9 Å². The van der Waals surface area contributed by atoms with E-state index in [2.05, 4.69) is 42.8 Å². The number of hydrogen-bond donors (Lipinski definition) is 0. The van der Waals surface area contributed by atoms with Gasteiger partial charge in [0.15, 0.2) is 0 Å². The number of hydrogen-bond acceptors (Lipinski definition) is 6. The number of unbranched alkanes of at least 4 members (excludes halogenated alkanes) is 9. The van der Waals surface area contributed by atoms with E-state index in [4.69, 9.17) is 9.47 Å². The lowest BCUT2D eigenvalue weighted by Crippen LogP contribution is -2.44. The normalized spacial score (nSPS) is 14.9. The predicted molar refractivity (Wildman–Crippen MR) is 134 cm³/mol. The number of methoxy groups -OCH3 is 1. The van der Waals surface area contributed by atoms with Gasteiger partial charge in [0.1, 0.15) is 6.10 Å². The fourth-order valence-corrected chi connectivity index (χ4v) is 4.28. The van der Waals surface area contributed by atoms with Crippen LogP contribution in [0.15, 0.2) is 24.6 Å². The van der Waals surface area contributed by atoms with E-state index >= 15 is 0 Å². The Balaban J connectivity index is 2.64. The summed E-state index contributed by atoms with van der Waals surface area (Å²) in [6.07, 6.45) is 19.0. The second-order valence-electron chi connectivity index (χ2n) is 9.44. The van der Waals surface area contributed by atoms with Gasteiger partial charge < -0.3 is 19.3 Å². The first-order valence-electron chi connectivity index (χ1n) is 13.0. The number of ether oxygens (including phenoxy) is 2. The van der Waals surface area contributed by atoms with Crippen LogP contribution in [0, 0.1) is 0 Å². The van der Waals surface area contributed by atoms with Crippen LogP contribution in [0.4, 0.5) is 0 Å². The van der Waals surface area contributed by atoms with E-state index in [0.29, 0.717) is 12.0 Å².